The topological polar surface area (TPSA) is 28.2 Å². The molecular formula is C29H29Cl2N3. The fourth-order valence-electron chi connectivity index (χ4n) is 5.02. The third-order valence-electron chi connectivity index (χ3n) is 6.86. The van der Waals surface area contributed by atoms with Crippen LogP contribution in [0.4, 0.5) is 0 Å². The van der Waals surface area contributed by atoms with Gasteiger partial charge in [0.25, 0.3) is 0 Å². The fourth-order valence-corrected chi connectivity index (χ4v) is 5.49. The number of likely N-dealkylation sites (tertiary alicyclic amines) is 1. The molecule has 2 heterocycles. The predicted molar refractivity (Wildman–Crippen MR) is 142 cm³/mol. The lowest BCUT2D eigenvalue weighted by Crippen LogP contribution is -2.49. The van der Waals surface area contributed by atoms with Crippen molar-refractivity contribution in [3.8, 4) is 0 Å². The van der Waals surface area contributed by atoms with Crippen molar-refractivity contribution in [2.75, 3.05) is 6.54 Å². The number of piperidine rings is 1. The highest BCUT2D eigenvalue weighted by atomic mass is 35.5. The first-order valence-corrected chi connectivity index (χ1v) is 12.7. The average Bonchev–Trinajstić information content (AvgIpc) is 2.86. The molecule has 34 heavy (non-hydrogen) atoms. The van der Waals surface area contributed by atoms with E-state index in [1.807, 2.05) is 24.4 Å². The molecule has 1 aromatic heterocycles. The van der Waals surface area contributed by atoms with Crippen molar-refractivity contribution in [1.82, 2.24) is 15.2 Å². The molecule has 0 radical (unpaired) electrons. The lowest BCUT2D eigenvalue weighted by Gasteiger charge is -2.40. The number of nitrogens with zero attached hydrogens (tertiary/aromatic N) is 2. The summed E-state index contributed by atoms with van der Waals surface area (Å²) in [7, 11) is 0. The summed E-state index contributed by atoms with van der Waals surface area (Å²) in [6.07, 6.45) is 5.15. The Morgan fingerprint density at radius 1 is 0.912 bits per heavy atom. The number of halogens is 2. The normalized spacial score (nSPS) is 18.9. The Morgan fingerprint density at radius 2 is 1.74 bits per heavy atom. The molecule has 4 aromatic rings. The third-order valence-corrected chi connectivity index (χ3v) is 7.45. The van der Waals surface area contributed by atoms with Crippen molar-refractivity contribution in [2.24, 2.45) is 0 Å². The zero-order valence-electron chi connectivity index (χ0n) is 19.1. The Hall–Kier alpha value is -2.43. The second-order valence-corrected chi connectivity index (χ2v) is 9.98. The second kappa shape index (κ2) is 10.9. The number of pyridine rings is 1. The highest BCUT2D eigenvalue weighted by Crippen LogP contribution is 2.28. The van der Waals surface area contributed by atoms with Crippen molar-refractivity contribution < 1.29 is 0 Å². The largest absolute Gasteiger partial charge is 0.310 e. The number of rotatable bonds is 7. The predicted octanol–water partition coefficient (Wildman–Crippen LogP) is 6.91. The summed E-state index contributed by atoms with van der Waals surface area (Å²) >= 11 is 12.6. The quantitative estimate of drug-likeness (QED) is 0.305. The summed E-state index contributed by atoms with van der Waals surface area (Å²) in [6.45, 7) is 2.73. The van der Waals surface area contributed by atoms with Crippen LogP contribution in [0, 0.1) is 0 Å². The monoisotopic (exact) mass is 489 g/mol. The van der Waals surface area contributed by atoms with Gasteiger partial charge in [-0.2, -0.15) is 0 Å². The molecule has 1 saturated heterocycles. The SMILES string of the molecule is Clc1ccc(CN2CCC(NCc3ccnc4ccccc34)CC2Cc2ccccc2)c(Cl)c1. The number of hydrogen-bond acceptors (Lipinski definition) is 3. The zero-order chi connectivity index (χ0) is 23.3. The molecule has 3 nitrogen and oxygen atoms in total. The molecule has 0 amide bonds. The van der Waals surface area contributed by atoms with Gasteiger partial charge < -0.3 is 5.32 Å². The maximum Gasteiger partial charge on any atom is 0.0705 e. The number of hydrogen-bond donors (Lipinski definition) is 1. The van der Waals surface area contributed by atoms with Crippen LogP contribution in [0.2, 0.25) is 10.0 Å². The van der Waals surface area contributed by atoms with E-state index in [1.165, 1.54) is 16.5 Å². The summed E-state index contributed by atoms with van der Waals surface area (Å²) in [6, 6.07) is 28.1. The number of aromatic nitrogens is 1. The van der Waals surface area contributed by atoms with E-state index in [0.29, 0.717) is 17.1 Å². The molecular weight excluding hydrogens is 461 g/mol. The first kappa shape index (κ1) is 23.3. The third kappa shape index (κ3) is 5.61. The minimum absolute atomic E-state index is 0.439. The molecule has 1 fully saturated rings. The Kier molecular flexibility index (Phi) is 7.46. The Morgan fingerprint density at radius 3 is 2.59 bits per heavy atom. The summed E-state index contributed by atoms with van der Waals surface area (Å²) in [5, 5.41) is 6.51. The second-order valence-electron chi connectivity index (χ2n) is 9.14. The van der Waals surface area contributed by atoms with Crippen LogP contribution in [-0.4, -0.2) is 28.5 Å². The van der Waals surface area contributed by atoms with Crippen molar-refractivity contribution in [1.29, 1.82) is 0 Å². The molecule has 2 atom stereocenters. The highest BCUT2D eigenvalue weighted by molar-refractivity contribution is 6.35. The Bertz CT molecular complexity index is 1240. The minimum Gasteiger partial charge on any atom is -0.310 e. The zero-order valence-corrected chi connectivity index (χ0v) is 20.6. The minimum atomic E-state index is 0.439. The number of para-hydroxylation sites is 1. The van der Waals surface area contributed by atoms with Gasteiger partial charge in [0.05, 0.1) is 5.52 Å². The van der Waals surface area contributed by atoms with Crippen molar-refractivity contribution >= 4 is 34.1 Å². The van der Waals surface area contributed by atoms with Crippen molar-refractivity contribution in [3.05, 3.63) is 112 Å². The summed E-state index contributed by atoms with van der Waals surface area (Å²) in [4.78, 5) is 7.09. The molecule has 1 aliphatic heterocycles. The Balaban J connectivity index is 1.30. The van der Waals surface area contributed by atoms with E-state index in [4.69, 9.17) is 23.2 Å². The Labute approximate surface area is 211 Å². The summed E-state index contributed by atoms with van der Waals surface area (Å²) in [5.41, 5.74) is 4.87. The van der Waals surface area contributed by atoms with E-state index in [2.05, 4.69) is 75.9 Å². The molecule has 0 saturated carbocycles. The van der Waals surface area contributed by atoms with Crippen molar-refractivity contribution in [2.45, 2.75) is 44.4 Å². The highest BCUT2D eigenvalue weighted by Gasteiger charge is 2.29. The first-order chi connectivity index (χ1) is 16.7. The molecule has 0 spiro atoms. The molecule has 5 rings (SSSR count). The van der Waals surface area contributed by atoms with E-state index >= 15 is 0 Å². The number of nitrogens with one attached hydrogen (secondary N) is 1. The van der Waals surface area contributed by atoms with Gasteiger partial charge in [-0.05, 0) is 60.2 Å². The maximum atomic E-state index is 6.52. The van der Waals surface area contributed by atoms with Gasteiger partial charge in [0.2, 0.25) is 0 Å². The number of fused-ring (bicyclic) bond motifs is 1. The van der Waals surface area contributed by atoms with E-state index in [9.17, 15) is 0 Å². The van der Waals surface area contributed by atoms with Gasteiger partial charge in [0, 0.05) is 53.3 Å². The molecule has 2 unspecified atom stereocenters. The molecule has 3 aromatic carbocycles. The first-order valence-electron chi connectivity index (χ1n) is 11.9. The van der Waals surface area contributed by atoms with Gasteiger partial charge in [-0.3, -0.25) is 9.88 Å². The van der Waals surface area contributed by atoms with Crippen LogP contribution in [0.3, 0.4) is 0 Å². The number of benzene rings is 3. The van der Waals surface area contributed by atoms with Gasteiger partial charge in [-0.25, -0.2) is 0 Å². The molecule has 5 heteroatoms. The summed E-state index contributed by atoms with van der Waals surface area (Å²) in [5.74, 6) is 0. The van der Waals surface area contributed by atoms with Crippen LogP contribution < -0.4 is 5.32 Å². The maximum absolute atomic E-state index is 6.52. The molecule has 1 N–H and O–H groups in total. The van der Waals surface area contributed by atoms with E-state index in [1.54, 1.807) is 0 Å². The molecule has 0 bridgehead atoms. The van der Waals surface area contributed by atoms with Crippen molar-refractivity contribution in [3.63, 3.8) is 0 Å². The van der Waals surface area contributed by atoms with Crippen LogP contribution in [-0.2, 0) is 19.5 Å². The van der Waals surface area contributed by atoms with Gasteiger partial charge in [-0.1, -0.05) is 77.8 Å². The lowest BCUT2D eigenvalue weighted by molar-refractivity contribution is 0.116. The van der Waals surface area contributed by atoms with E-state index in [0.717, 1.165) is 55.0 Å². The van der Waals surface area contributed by atoms with Crippen LogP contribution >= 0.6 is 23.2 Å². The average molecular weight is 490 g/mol. The molecule has 0 aliphatic carbocycles. The standard InChI is InChI=1S/C29H29Cl2N3/c30-24-11-10-23(28(31)17-24)20-34-15-13-25(18-26(34)16-21-6-2-1-3-7-21)33-19-22-12-14-32-29-9-5-4-8-27(22)29/h1-12,14,17,25-26,33H,13,15-16,18-20H2. The van der Waals surface area contributed by atoms with E-state index in [-0.39, 0.29) is 0 Å². The van der Waals surface area contributed by atoms with E-state index < -0.39 is 0 Å². The lowest BCUT2D eigenvalue weighted by atomic mass is 9.91. The van der Waals surface area contributed by atoms with Crippen LogP contribution in [0.1, 0.15) is 29.5 Å². The van der Waals surface area contributed by atoms with Gasteiger partial charge in [-0.15, -0.1) is 0 Å². The van der Waals surface area contributed by atoms with Crippen LogP contribution in [0.5, 0.6) is 0 Å². The smallest absolute Gasteiger partial charge is 0.0705 e. The fraction of sp³-hybridized carbons (Fsp3) is 0.276. The molecule has 174 valence electrons. The molecule has 1 aliphatic rings. The summed E-state index contributed by atoms with van der Waals surface area (Å²) < 4.78 is 0. The van der Waals surface area contributed by atoms with Gasteiger partial charge in [0.1, 0.15) is 0 Å². The van der Waals surface area contributed by atoms with Gasteiger partial charge >= 0.3 is 0 Å². The van der Waals surface area contributed by atoms with Crippen LogP contribution in [0.25, 0.3) is 10.9 Å². The van der Waals surface area contributed by atoms with Gasteiger partial charge in [0.15, 0.2) is 0 Å². The van der Waals surface area contributed by atoms with Crippen LogP contribution in [0.15, 0.2) is 85.1 Å².